The maximum atomic E-state index is 11.3. The van der Waals surface area contributed by atoms with Crippen molar-refractivity contribution in [1.82, 2.24) is 0 Å². The molecule has 0 aliphatic heterocycles. The van der Waals surface area contributed by atoms with E-state index < -0.39 is 11.9 Å². The van der Waals surface area contributed by atoms with Crippen molar-refractivity contribution in [3.63, 3.8) is 0 Å². The van der Waals surface area contributed by atoms with Gasteiger partial charge in [-0.2, -0.15) is 0 Å². The minimum absolute atomic E-state index is 0.152. The van der Waals surface area contributed by atoms with E-state index in [1.807, 2.05) is 6.92 Å². The first-order valence-electron chi connectivity index (χ1n) is 5.15. The van der Waals surface area contributed by atoms with Gasteiger partial charge in [-0.25, -0.2) is 9.59 Å². The standard InChI is InChI=1S/C12H18O4/c1-5-6-7-16-12(14)10(3)8-9(2)11(13)15-4/h8H,3,5-7H2,1-2,4H3/b9-8+. The van der Waals surface area contributed by atoms with Gasteiger partial charge in [0, 0.05) is 5.57 Å². The molecule has 16 heavy (non-hydrogen) atoms. The lowest BCUT2D eigenvalue weighted by atomic mass is 10.2. The molecule has 4 heteroatoms. The molecular weight excluding hydrogens is 208 g/mol. The third kappa shape index (κ3) is 5.34. The van der Waals surface area contributed by atoms with E-state index in [-0.39, 0.29) is 5.57 Å². The topological polar surface area (TPSA) is 52.6 Å². The summed E-state index contributed by atoms with van der Waals surface area (Å²) >= 11 is 0. The second-order valence-corrected chi connectivity index (χ2v) is 3.33. The monoisotopic (exact) mass is 226 g/mol. The van der Waals surface area contributed by atoms with Gasteiger partial charge < -0.3 is 9.47 Å². The Morgan fingerprint density at radius 1 is 1.31 bits per heavy atom. The predicted octanol–water partition coefficient (Wildman–Crippen LogP) is 2.01. The second-order valence-electron chi connectivity index (χ2n) is 3.33. The Hall–Kier alpha value is -1.58. The van der Waals surface area contributed by atoms with E-state index in [4.69, 9.17) is 4.74 Å². The van der Waals surface area contributed by atoms with Crippen LogP contribution in [0.15, 0.2) is 23.8 Å². The maximum absolute atomic E-state index is 11.3. The van der Waals surface area contributed by atoms with Crippen LogP contribution < -0.4 is 0 Å². The lowest BCUT2D eigenvalue weighted by molar-refractivity contribution is -0.138. The summed E-state index contributed by atoms with van der Waals surface area (Å²) in [7, 11) is 1.28. The summed E-state index contributed by atoms with van der Waals surface area (Å²) < 4.78 is 9.41. The molecule has 0 saturated heterocycles. The van der Waals surface area contributed by atoms with Crippen LogP contribution in [0, 0.1) is 0 Å². The molecule has 0 radical (unpaired) electrons. The summed E-state index contributed by atoms with van der Waals surface area (Å²) in [5, 5.41) is 0. The first-order chi connectivity index (χ1) is 7.52. The molecule has 4 nitrogen and oxygen atoms in total. The van der Waals surface area contributed by atoms with E-state index in [0.29, 0.717) is 12.2 Å². The molecule has 90 valence electrons. The number of methoxy groups -OCH3 is 1. The molecule has 0 fully saturated rings. The number of hydrogen-bond donors (Lipinski definition) is 0. The summed E-state index contributed by atoms with van der Waals surface area (Å²) in [6.07, 6.45) is 3.13. The maximum Gasteiger partial charge on any atom is 0.337 e. The zero-order valence-electron chi connectivity index (χ0n) is 10.0. The van der Waals surface area contributed by atoms with E-state index in [2.05, 4.69) is 11.3 Å². The molecule has 0 aromatic rings. The Labute approximate surface area is 95.9 Å². The van der Waals surface area contributed by atoms with Crippen molar-refractivity contribution in [3.8, 4) is 0 Å². The third-order valence-electron chi connectivity index (χ3n) is 1.89. The molecule has 0 aliphatic rings. The molecular formula is C12H18O4. The number of ether oxygens (including phenoxy) is 2. The van der Waals surface area contributed by atoms with Crippen LogP contribution in [0.2, 0.25) is 0 Å². The Bertz CT molecular complexity index is 302. The SMILES string of the molecule is C=C(/C=C(\C)C(=O)OC)C(=O)OCCCC. The third-order valence-corrected chi connectivity index (χ3v) is 1.89. The van der Waals surface area contributed by atoms with E-state index in [9.17, 15) is 9.59 Å². The van der Waals surface area contributed by atoms with E-state index in [1.165, 1.54) is 13.2 Å². The van der Waals surface area contributed by atoms with Crippen LogP contribution in [-0.2, 0) is 19.1 Å². The van der Waals surface area contributed by atoms with Gasteiger partial charge in [-0.1, -0.05) is 19.9 Å². The summed E-state index contributed by atoms with van der Waals surface area (Å²) in [5.41, 5.74) is 0.471. The summed E-state index contributed by atoms with van der Waals surface area (Å²) in [6, 6.07) is 0. The van der Waals surface area contributed by atoms with E-state index in [0.717, 1.165) is 12.8 Å². The van der Waals surface area contributed by atoms with Gasteiger partial charge in [0.2, 0.25) is 0 Å². The fourth-order valence-electron chi connectivity index (χ4n) is 0.942. The van der Waals surface area contributed by atoms with Crippen molar-refractivity contribution in [3.05, 3.63) is 23.8 Å². The first kappa shape index (κ1) is 14.4. The Morgan fingerprint density at radius 2 is 1.94 bits per heavy atom. The molecule has 0 aliphatic carbocycles. The van der Waals surface area contributed by atoms with Gasteiger partial charge in [0.15, 0.2) is 0 Å². The lowest BCUT2D eigenvalue weighted by Gasteiger charge is -2.04. The van der Waals surface area contributed by atoms with Crippen molar-refractivity contribution >= 4 is 11.9 Å². The molecule has 0 rings (SSSR count). The zero-order chi connectivity index (χ0) is 12.6. The number of carbonyl (C=O) groups is 2. The molecule has 0 spiro atoms. The Kier molecular flexibility index (Phi) is 6.92. The number of hydrogen-bond acceptors (Lipinski definition) is 4. The van der Waals surface area contributed by atoms with Crippen molar-refractivity contribution in [2.24, 2.45) is 0 Å². The highest BCUT2D eigenvalue weighted by Crippen LogP contribution is 2.04. The van der Waals surface area contributed by atoms with Gasteiger partial charge in [0.1, 0.15) is 0 Å². The number of unbranched alkanes of at least 4 members (excludes halogenated alkanes) is 1. The minimum Gasteiger partial charge on any atom is -0.466 e. The average Bonchev–Trinajstić information content (AvgIpc) is 2.27. The molecule has 0 heterocycles. The quantitative estimate of drug-likeness (QED) is 0.301. The molecule has 0 saturated carbocycles. The molecule has 0 atom stereocenters. The first-order valence-corrected chi connectivity index (χ1v) is 5.15. The highest BCUT2D eigenvalue weighted by atomic mass is 16.5. The van der Waals surface area contributed by atoms with Crippen LogP contribution in [0.3, 0.4) is 0 Å². The molecule has 0 aromatic heterocycles. The van der Waals surface area contributed by atoms with Crippen LogP contribution >= 0.6 is 0 Å². The van der Waals surface area contributed by atoms with Crippen LogP contribution in [0.25, 0.3) is 0 Å². The Balaban J connectivity index is 4.24. The van der Waals surface area contributed by atoms with Crippen molar-refractivity contribution in [1.29, 1.82) is 0 Å². The van der Waals surface area contributed by atoms with Crippen molar-refractivity contribution in [2.45, 2.75) is 26.7 Å². The number of carbonyl (C=O) groups excluding carboxylic acids is 2. The number of esters is 2. The summed E-state index contributed by atoms with van der Waals surface area (Å²) in [5.74, 6) is -0.987. The smallest absolute Gasteiger partial charge is 0.337 e. The van der Waals surface area contributed by atoms with Gasteiger partial charge in [0.05, 0.1) is 19.3 Å². The van der Waals surface area contributed by atoms with Crippen LogP contribution in [0.4, 0.5) is 0 Å². The molecule has 0 bridgehead atoms. The van der Waals surface area contributed by atoms with E-state index in [1.54, 1.807) is 6.92 Å². The van der Waals surface area contributed by atoms with Gasteiger partial charge in [0.25, 0.3) is 0 Å². The van der Waals surface area contributed by atoms with Crippen molar-refractivity contribution in [2.75, 3.05) is 13.7 Å². The fourth-order valence-corrected chi connectivity index (χ4v) is 0.942. The van der Waals surface area contributed by atoms with Crippen LogP contribution in [-0.4, -0.2) is 25.7 Å². The number of rotatable bonds is 6. The molecule has 0 N–H and O–H groups in total. The minimum atomic E-state index is -0.503. The molecule has 0 amide bonds. The normalized spacial score (nSPS) is 10.8. The second kappa shape index (κ2) is 7.68. The highest BCUT2D eigenvalue weighted by Gasteiger charge is 2.09. The van der Waals surface area contributed by atoms with Crippen LogP contribution in [0.5, 0.6) is 0 Å². The van der Waals surface area contributed by atoms with Gasteiger partial charge in [-0.15, -0.1) is 0 Å². The fraction of sp³-hybridized carbons (Fsp3) is 0.500. The van der Waals surface area contributed by atoms with Gasteiger partial charge in [-0.05, 0) is 19.4 Å². The average molecular weight is 226 g/mol. The Morgan fingerprint density at radius 3 is 2.44 bits per heavy atom. The largest absolute Gasteiger partial charge is 0.466 e. The summed E-state index contributed by atoms with van der Waals surface area (Å²) in [6.45, 7) is 7.46. The van der Waals surface area contributed by atoms with Gasteiger partial charge in [-0.3, -0.25) is 0 Å². The van der Waals surface area contributed by atoms with E-state index >= 15 is 0 Å². The predicted molar refractivity (Wildman–Crippen MR) is 60.8 cm³/mol. The molecule has 0 unspecified atom stereocenters. The lowest BCUT2D eigenvalue weighted by Crippen LogP contribution is -2.09. The van der Waals surface area contributed by atoms with Crippen LogP contribution in [0.1, 0.15) is 26.7 Å². The van der Waals surface area contributed by atoms with Gasteiger partial charge >= 0.3 is 11.9 Å². The highest BCUT2D eigenvalue weighted by molar-refractivity contribution is 5.95. The summed E-state index contributed by atoms with van der Waals surface area (Å²) in [4.78, 5) is 22.4. The molecule has 0 aromatic carbocycles. The van der Waals surface area contributed by atoms with Crippen molar-refractivity contribution < 1.29 is 19.1 Å². The zero-order valence-corrected chi connectivity index (χ0v) is 10.0.